The van der Waals surface area contributed by atoms with Crippen molar-refractivity contribution in [2.75, 3.05) is 41.7 Å². The van der Waals surface area contributed by atoms with Crippen LogP contribution in [0.15, 0.2) is 77.3 Å². The molecule has 0 radical (unpaired) electrons. The Kier molecular flexibility index (Phi) is 8.42. The molecule has 4 aromatic rings. The Labute approximate surface area is 256 Å². The average Bonchev–Trinajstić information content (AvgIpc) is 3.71. The van der Waals surface area contributed by atoms with Gasteiger partial charge in [0.05, 0.1) is 17.4 Å². The van der Waals surface area contributed by atoms with Crippen molar-refractivity contribution in [2.45, 2.75) is 37.4 Å². The fourth-order valence-electron chi connectivity index (χ4n) is 5.74. The molecule has 0 saturated carbocycles. The highest BCUT2D eigenvalue weighted by molar-refractivity contribution is 6.03. The zero-order valence-corrected chi connectivity index (χ0v) is 24.1. The van der Waals surface area contributed by atoms with E-state index in [1.165, 1.54) is 36.0 Å². The minimum atomic E-state index is -4.90. The molecule has 2 aromatic heterocycles. The van der Waals surface area contributed by atoms with Crippen molar-refractivity contribution < 1.29 is 31.6 Å². The lowest BCUT2D eigenvalue weighted by molar-refractivity contribution is -0.141. The number of likely N-dealkylation sites (tertiary alicyclic amines) is 1. The molecule has 0 aliphatic carbocycles. The fourth-order valence-corrected chi connectivity index (χ4v) is 5.74. The second kappa shape index (κ2) is 12.6. The fraction of sp³-hybridized carbons (Fsp3) is 0.312. The van der Waals surface area contributed by atoms with Crippen LogP contribution in [0.4, 0.5) is 35.1 Å². The van der Waals surface area contributed by atoms with Crippen molar-refractivity contribution in [3.63, 3.8) is 0 Å². The Bertz CT molecular complexity index is 1650. The van der Waals surface area contributed by atoms with E-state index in [4.69, 9.17) is 4.42 Å². The maximum Gasteiger partial charge on any atom is 0.437 e. The molecule has 9 nitrogen and oxygen atoms in total. The number of carbonyl (C=O) groups excluding carboxylic acids is 2. The number of benzene rings is 2. The number of amides is 2. The summed E-state index contributed by atoms with van der Waals surface area (Å²) in [5, 5.41) is 5.60. The zero-order chi connectivity index (χ0) is 31.6. The first-order valence-electron chi connectivity index (χ1n) is 14.6. The van der Waals surface area contributed by atoms with Gasteiger partial charge in [-0.05, 0) is 55.0 Å². The number of piperidine rings is 1. The normalized spacial score (nSPS) is 17.4. The van der Waals surface area contributed by atoms with Gasteiger partial charge in [-0.1, -0.05) is 42.5 Å². The summed E-state index contributed by atoms with van der Waals surface area (Å²) in [5.41, 5.74) is -0.0442. The van der Waals surface area contributed by atoms with Crippen LogP contribution in [0.3, 0.4) is 0 Å². The van der Waals surface area contributed by atoms with Crippen LogP contribution in [0.2, 0.25) is 0 Å². The Balaban J connectivity index is 1.07. The molecule has 0 bridgehead atoms. The molecule has 2 amide bonds. The molecular weight excluding hydrogens is 592 g/mol. The van der Waals surface area contributed by atoms with Gasteiger partial charge in [-0.25, -0.2) is 9.37 Å². The largest absolute Gasteiger partial charge is 0.437 e. The average molecular weight is 623 g/mol. The summed E-state index contributed by atoms with van der Waals surface area (Å²) in [7, 11) is 0. The van der Waals surface area contributed by atoms with E-state index in [-0.39, 0.29) is 29.2 Å². The molecule has 0 unspecified atom stereocenters. The van der Waals surface area contributed by atoms with Crippen LogP contribution in [0.25, 0.3) is 0 Å². The molecule has 4 heterocycles. The van der Waals surface area contributed by atoms with Crippen LogP contribution < -0.4 is 15.5 Å². The number of nitrogens with one attached hydrogen (secondary N) is 2. The summed E-state index contributed by atoms with van der Waals surface area (Å²) in [6.45, 7) is 1.65. The maximum atomic E-state index is 14.0. The SMILES string of the molecule is O=C(Nc1ccc(N[C@@H]2CCN(C(=O)c3ccccc3F)C2)nc1)c1oc(N2CCC(c3ccccc3)CC2)nc1C(F)(F)F. The zero-order valence-electron chi connectivity index (χ0n) is 24.1. The van der Waals surface area contributed by atoms with Gasteiger partial charge in [0.2, 0.25) is 5.76 Å². The number of pyridine rings is 1. The van der Waals surface area contributed by atoms with Gasteiger partial charge in [-0.3, -0.25) is 9.59 Å². The third-order valence-electron chi connectivity index (χ3n) is 8.08. The first-order valence-corrected chi connectivity index (χ1v) is 14.6. The highest BCUT2D eigenvalue weighted by Gasteiger charge is 2.42. The molecular formula is C32H30F4N6O3. The van der Waals surface area contributed by atoms with Crippen LogP contribution >= 0.6 is 0 Å². The van der Waals surface area contributed by atoms with Gasteiger partial charge in [0, 0.05) is 32.2 Å². The first-order chi connectivity index (χ1) is 21.7. The molecule has 13 heteroatoms. The van der Waals surface area contributed by atoms with E-state index >= 15 is 0 Å². The van der Waals surface area contributed by atoms with Gasteiger partial charge in [0.15, 0.2) is 5.69 Å². The number of oxazole rings is 1. The number of hydrogen-bond donors (Lipinski definition) is 2. The third kappa shape index (κ3) is 6.76. The minimum Gasteiger partial charge on any atom is -0.417 e. The number of halogens is 4. The molecule has 2 aliphatic heterocycles. The summed E-state index contributed by atoms with van der Waals surface area (Å²) in [6.07, 6.45) is -1.56. The lowest BCUT2D eigenvalue weighted by Gasteiger charge is -2.31. The minimum absolute atomic E-state index is 0.0107. The monoisotopic (exact) mass is 622 g/mol. The summed E-state index contributed by atoms with van der Waals surface area (Å²) in [4.78, 5) is 36.7. The topological polar surface area (TPSA) is 104 Å². The smallest absolute Gasteiger partial charge is 0.417 e. The van der Waals surface area contributed by atoms with Crippen molar-refractivity contribution in [3.05, 3.63) is 101 Å². The second-order valence-electron chi connectivity index (χ2n) is 11.1. The quantitative estimate of drug-likeness (QED) is 0.237. The Morgan fingerprint density at radius 3 is 2.33 bits per heavy atom. The van der Waals surface area contributed by atoms with Crippen LogP contribution in [0.1, 0.15) is 57.4 Å². The van der Waals surface area contributed by atoms with Crippen molar-refractivity contribution in [1.82, 2.24) is 14.9 Å². The number of hydrogen-bond acceptors (Lipinski definition) is 7. The van der Waals surface area contributed by atoms with E-state index in [0.29, 0.717) is 51.3 Å². The van der Waals surface area contributed by atoms with Gasteiger partial charge >= 0.3 is 6.18 Å². The molecule has 0 spiro atoms. The number of anilines is 3. The predicted molar refractivity (Wildman–Crippen MR) is 159 cm³/mol. The third-order valence-corrected chi connectivity index (χ3v) is 8.08. The van der Waals surface area contributed by atoms with E-state index in [1.54, 1.807) is 21.9 Å². The van der Waals surface area contributed by atoms with E-state index in [0.717, 1.165) is 0 Å². The van der Waals surface area contributed by atoms with Crippen LogP contribution in [-0.2, 0) is 6.18 Å². The van der Waals surface area contributed by atoms with Crippen molar-refractivity contribution >= 4 is 29.3 Å². The van der Waals surface area contributed by atoms with E-state index in [1.807, 2.05) is 30.3 Å². The van der Waals surface area contributed by atoms with Crippen molar-refractivity contribution in [1.29, 1.82) is 0 Å². The Morgan fingerprint density at radius 1 is 0.911 bits per heavy atom. The summed E-state index contributed by atoms with van der Waals surface area (Å²) < 4.78 is 61.1. The van der Waals surface area contributed by atoms with Crippen molar-refractivity contribution in [2.24, 2.45) is 0 Å². The lowest BCUT2D eigenvalue weighted by Crippen LogP contribution is -2.33. The van der Waals surface area contributed by atoms with Gasteiger partial charge < -0.3 is 24.9 Å². The second-order valence-corrected chi connectivity index (χ2v) is 11.1. The van der Waals surface area contributed by atoms with E-state index < -0.39 is 35.3 Å². The van der Waals surface area contributed by atoms with Gasteiger partial charge in [0.1, 0.15) is 11.6 Å². The molecule has 2 aromatic carbocycles. The van der Waals surface area contributed by atoms with Crippen molar-refractivity contribution in [3.8, 4) is 0 Å². The number of rotatable bonds is 7. The predicted octanol–water partition coefficient (Wildman–Crippen LogP) is 6.19. The van der Waals surface area contributed by atoms with Crippen LogP contribution in [-0.4, -0.2) is 58.9 Å². The molecule has 1 atom stereocenters. The van der Waals surface area contributed by atoms with Crippen LogP contribution in [0.5, 0.6) is 0 Å². The van der Waals surface area contributed by atoms with Gasteiger partial charge in [-0.2, -0.15) is 18.2 Å². The van der Waals surface area contributed by atoms with E-state index in [9.17, 15) is 27.2 Å². The highest BCUT2D eigenvalue weighted by Crippen LogP contribution is 2.36. The molecule has 2 aliphatic rings. The maximum absolute atomic E-state index is 14.0. The molecule has 234 valence electrons. The molecule has 45 heavy (non-hydrogen) atoms. The lowest BCUT2D eigenvalue weighted by atomic mass is 9.90. The van der Waals surface area contributed by atoms with Crippen LogP contribution in [0, 0.1) is 5.82 Å². The van der Waals surface area contributed by atoms with Gasteiger partial charge in [-0.15, -0.1) is 0 Å². The molecule has 2 fully saturated rings. The highest BCUT2D eigenvalue weighted by atomic mass is 19.4. The van der Waals surface area contributed by atoms with E-state index in [2.05, 4.69) is 20.6 Å². The summed E-state index contributed by atoms with van der Waals surface area (Å²) >= 11 is 0. The summed E-state index contributed by atoms with van der Waals surface area (Å²) in [6, 6.07) is 18.4. The number of aromatic nitrogens is 2. The molecule has 2 N–H and O–H groups in total. The Hall–Kier alpha value is -4.94. The number of alkyl halides is 3. The summed E-state index contributed by atoms with van der Waals surface area (Å²) in [5.74, 6) is -2.27. The number of carbonyl (C=O) groups is 2. The standard InChI is InChI=1S/C32H30F4N6O3/c33-25-9-5-4-8-24(25)30(44)42-17-14-23(19-42)38-26-11-10-22(18-37-26)39-29(43)27-28(32(34,35)36)40-31(45-27)41-15-12-21(13-16-41)20-6-2-1-3-7-20/h1-11,18,21,23H,12-17,19H2,(H,37,38)(H,39,43)/t23-/m1/s1. The number of nitrogens with zero attached hydrogens (tertiary/aromatic N) is 4. The molecule has 2 saturated heterocycles. The molecule has 6 rings (SSSR count). The van der Waals surface area contributed by atoms with Gasteiger partial charge in [0.25, 0.3) is 17.8 Å². The first kappa shape index (κ1) is 30.1. The Morgan fingerprint density at radius 2 is 1.64 bits per heavy atom.